The van der Waals surface area contributed by atoms with E-state index in [1.54, 1.807) is 32.9 Å². The number of ether oxygens (including phenoxy) is 2. The maximum Gasteiger partial charge on any atom is 0.408 e. The van der Waals surface area contributed by atoms with Gasteiger partial charge in [0, 0.05) is 24.3 Å². The minimum absolute atomic E-state index is 0.120. The van der Waals surface area contributed by atoms with Gasteiger partial charge in [-0.2, -0.15) is 9.61 Å². The van der Waals surface area contributed by atoms with E-state index in [0.29, 0.717) is 35.8 Å². The van der Waals surface area contributed by atoms with Crippen LogP contribution < -0.4 is 20.3 Å². The van der Waals surface area contributed by atoms with Crippen LogP contribution in [0.3, 0.4) is 0 Å². The second kappa shape index (κ2) is 14.1. The van der Waals surface area contributed by atoms with Crippen molar-refractivity contribution in [3.63, 3.8) is 0 Å². The molecule has 0 radical (unpaired) electrons. The summed E-state index contributed by atoms with van der Waals surface area (Å²) in [4.78, 5) is 36.0. The highest BCUT2D eigenvalue weighted by molar-refractivity contribution is 6.42. The zero-order valence-electron chi connectivity index (χ0n) is 26.0. The average Bonchev–Trinajstić information content (AvgIpc) is 3.73. The minimum Gasteiger partial charge on any atom is -0.493 e. The molecule has 46 heavy (non-hydrogen) atoms. The Balaban J connectivity index is 1.32. The van der Waals surface area contributed by atoms with Crippen LogP contribution in [0.5, 0.6) is 5.75 Å². The summed E-state index contributed by atoms with van der Waals surface area (Å²) in [7, 11) is 1.86. The number of hydrogen-bond donors (Lipinski definition) is 3. The molecular formula is C32H37Cl2N7O5. The zero-order valence-corrected chi connectivity index (χ0v) is 27.5. The topological polar surface area (TPSA) is 143 Å². The maximum absolute atomic E-state index is 12.9. The van der Waals surface area contributed by atoms with Crippen molar-refractivity contribution in [3.8, 4) is 5.75 Å². The summed E-state index contributed by atoms with van der Waals surface area (Å²) in [6.45, 7) is 5.42. The van der Waals surface area contributed by atoms with Crippen LogP contribution in [0.15, 0.2) is 55.0 Å². The number of nitrogens with one attached hydrogen (secondary N) is 2. The molecule has 2 aromatic carbocycles. The average molecular weight is 671 g/mol. The summed E-state index contributed by atoms with van der Waals surface area (Å²) in [5.41, 5.74) is 1.18. The van der Waals surface area contributed by atoms with Gasteiger partial charge in [0.2, 0.25) is 11.9 Å². The van der Waals surface area contributed by atoms with E-state index >= 15 is 0 Å². The number of aliphatic hydroxyl groups is 1. The third kappa shape index (κ3) is 7.98. The normalized spacial score (nSPS) is 14.4. The Morgan fingerprint density at radius 1 is 1.13 bits per heavy atom. The van der Waals surface area contributed by atoms with E-state index in [1.165, 1.54) is 17.0 Å². The predicted octanol–water partition coefficient (Wildman–Crippen LogP) is 5.61. The largest absolute Gasteiger partial charge is 0.493 e. The SMILES string of the molecule is CN(c1ccccc1)c1ncnc2c(C(O)c3c(OCCC[C@@H](NC(=O)OC(C)(C)C)C(=O)NC4CC4)ccc(Cl)c3Cl)cnn12. The first-order valence-electron chi connectivity index (χ1n) is 15.0. The van der Waals surface area contributed by atoms with Gasteiger partial charge in [-0.15, -0.1) is 0 Å². The van der Waals surface area contributed by atoms with Crippen LogP contribution in [0.1, 0.15) is 63.7 Å². The van der Waals surface area contributed by atoms with E-state index in [-0.39, 0.29) is 34.2 Å². The lowest BCUT2D eigenvalue weighted by atomic mass is 10.0. The maximum atomic E-state index is 12.9. The Bertz CT molecular complexity index is 1690. The number of nitrogens with zero attached hydrogens (tertiary/aromatic N) is 5. The summed E-state index contributed by atoms with van der Waals surface area (Å²) in [6, 6.07) is 12.2. The Morgan fingerprint density at radius 2 is 1.87 bits per heavy atom. The number of aromatic nitrogens is 4. The van der Waals surface area contributed by atoms with Crippen LogP contribution in [0.25, 0.3) is 5.65 Å². The molecule has 14 heteroatoms. The molecule has 0 bridgehead atoms. The van der Waals surface area contributed by atoms with Crippen molar-refractivity contribution in [2.45, 2.75) is 70.2 Å². The molecule has 1 unspecified atom stereocenters. The number of hydrogen-bond acceptors (Lipinski definition) is 9. The molecular weight excluding hydrogens is 633 g/mol. The second-order valence-electron chi connectivity index (χ2n) is 12.1. The van der Waals surface area contributed by atoms with Crippen molar-refractivity contribution in [1.29, 1.82) is 0 Å². The van der Waals surface area contributed by atoms with E-state index in [0.717, 1.165) is 18.5 Å². The molecule has 1 aliphatic carbocycles. The van der Waals surface area contributed by atoms with Gasteiger partial charge in [0.1, 0.15) is 29.8 Å². The van der Waals surface area contributed by atoms with Crippen LogP contribution in [0.2, 0.25) is 10.0 Å². The number of anilines is 2. The van der Waals surface area contributed by atoms with Crippen molar-refractivity contribution >= 4 is 52.5 Å². The number of para-hydroxylation sites is 1. The fourth-order valence-corrected chi connectivity index (χ4v) is 5.24. The summed E-state index contributed by atoms with van der Waals surface area (Å²) >= 11 is 13.0. The van der Waals surface area contributed by atoms with E-state index < -0.39 is 23.8 Å². The Labute approximate surface area is 277 Å². The summed E-state index contributed by atoms with van der Waals surface area (Å²) < 4.78 is 13.0. The quantitative estimate of drug-likeness (QED) is 0.164. The Kier molecular flexibility index (Phi) is 10.2. The molecule has 1 saturated carbocycles. The molecule has 0 aliphatic heterocycles. The number of rotatable bonds is 12. The number of carbonyl (C=O) groups is 2. The predicted molar refractivity (Wildman–Crippen MR) is 175 cm³/mol. The third-order valence-corrected chi connectivity index (χ3v) is 8.06. The van der Waals surface area contributed by atoms with Gasteiger partial charge in [0.25, 0.3) is 0 Å². The molecule has 4 aromatic rings. The van der Waals surface area contributed by atoms with Gasteiger partial charge in [0.15, 0.2) is 5.65 Å². The van der Waals surface area contributed by atoms with E-state index in [1.807, 2.05) is 42.3 Å². The number of benzene rings is 2. The second-order valence-corrected chi connectivity index (χ2v) is 12.8. The van der Waals surface area contributed by atoms with Crippen LogP contribution in [-0.2, 0) is 9.53 Å². The van der Waals surface area contributed by atoms with Crippen molar-refractivity contribution < 1.29 is 24.2 Å². The molecule has 12 nitrogen and oxygen atoms in total. The molecule has 0 spiro atoms. The highest BCUT2D eigenvalue weighted by Gasteiger charge is 2.30. The third-order valence-electron chi connectivity index (χ3n) is 7.24. The van der Waals surface area contributed by atoms with Crippen LogP contribution in [-0.4, -0.2) is 68.0 Å². The first kappa shape index (κ1) is 33.2. The van der Waals surface area contributed by atoms with Crippen molar-refractivity contribution in [1.82, 2.24) is 30.2 Å². The monoisotopic (exact) mass is 669 g/mol. The van der Waals surface area contributed by atoms with Crippen molar-refractivity contribution in [2.75, 3.05) is 18.6 Å². The van der Waals surface area contributed by atoms with Gasteiger partial charge >= 0.3 is 6.09 Å². The fraction of sp³-hybridized carbons (Fsp3) is 0.406. The zero-order chi connectivity index (χ0) is 33.0. The molecule has 1 aliphatic rings. The Morgan fingerprint density at radius 3 is 2.57 bits per heavy atom. The highest BCUT2D eigenvalue weighted by atomic mass is 35.5. The van der Waals surface area contributed by atoms with Crippen molar-refractivity contribution in [2.24, 2.45) is 0 Å². The van der Waals surface area contributed by atoms with Gasteiger partial charge in [-0.25, -0.2) is 14.8 Å². The lowest BCUT2D eigenvalue weighted by Gasteiger charge is -2.23. The van der Waals surface area contributed by atoms with E-state index in [4.69, 9.17) is 32.7 Å². The fourth-order valence-electron chi connectivity index (χ4n) is 4.81. The summed E-state index contributed by atoms with van der Waals surface area (Å²) in [6.07, 6.45) is 3.46. The number of halogens is 2. The van der Waals surface area contributed by atoms with Gasteiger partial charge in [-0.05, 0) is 70.7 Å². The lowest BCUT2D eigenvalue weighted by molar-refractivity contribution is -0.123. The molecule has 3 N–H and O–H groups in total. The number of aliphatic hydroxyl groups excluding tert-OH is 1. The molecule has 2 atom stereocenters. The first-order chi connectivity index (χ1) is 21.9. The number of fused-ring (bicyclic) bond motifs is 1. The first-order valence-corrected chi connectivity index (χ1v) is 15.7. The number of alkyl carbamates (subject to hydrolysis) is 1. The standard InChI is InChI=1S/C32H37Cl2N7O5/c1-32(2,3)46-31(44)39-23(29(43)38-19-12-13-19)11-8-16-45-24-15-14-22(33)26(34)25(24)27(42)21-17-37-41-28(21)35-18-36-30(41)40(4)20-9-6-5-7-10-20/h5-7,9-10,14-15,17-19,23,27,42H,8,11-13,16H2,1-4H3,(H,38,43)(H,39,44)/t23-,27?/m1/s1. The molecule has 5 rings (SSSR count). The van der Waals surface area contributed by atoms with Gasteiger partial charge in [-0.1, -0.05) is 41.4 Å². The molecule has 2 aromatic heterocycles. The summed E-state index contributed by atoms with van der Waals surface area (Å²) in [5, 5.41) is 22.1. The van der Waals surface area contributed by atoms with Gasteiger partial charge in [0.05, 0.1) is 28.4 Å². The summed E-state index contributed by atoms with van der Waals surface area (Å²) in [5.74, 6) is 0.519. The number of amides is 2. The molecule has 2 amide bonds. The van der Waals surface area contributed by atoms with Crippen LogP contribution in [0.4, 0.5) is 16.4 Å². The van der Waals surface area contributed by atoms with Crippen LogP contribution in [0, 0.1) is 0 Å². The molecule has 0 saturated heterocycles. The smallest absolute Gasteiger partial charge is 0.408 e. The van der Waals surface area contributed by atoms with Gasteiger partial charge < -0.3 is 30.1 Å². The van der Waals surface area contributed by atoms with Crippen molar-refractivity contribution in [3.05, 3.63) is 76.2 Å². The minimum atomic E-state index is -1.30. The lowest BCUT2D eigenvalue weighted by Crippen LogP contribution is -2.48. The molecule has 1 fully saturated rings. The van der Waals surface area contributed by atoms with E-state index in [9.17, 15) is 14.7 Å². The molecule has 2 heterocycles. The van der Waals surface area contributed by atoms with Crippen LogP contribution >= 0.6 is 23.2 Å². The molecule has 244 valence electrons. The van der Waals surface area contributed by atoms with E-state index in [2.05, 4.69) is 25.7 Å². The Hall–Kier alpha value is -4.13. The van der Waals surface area contributed by atoms with Gasteiger partial charge in [-0.3, -0.25) is 4.79 Å². The highest BCUT2D eigenvalue weighted by Crippen LogP contribution is 2.41. The number of carbonyl (C=O) groups excluding carboxylic acids is 2.